The average Bonchev–Trinajstić information content (AvgIpc) is 2.38. The van der Waals surface area contributed by atoms with Crippen LogP contribution in [-0.4, -0.2) is 36.2 Å². The van der Waals surface area contributed by atoms with Crippen LogP contribution in [0.25, 0.3) is 0 Å². The van der Waals surface area contributed by atoms with Crippen molar-refractivity contribution in [3.8, 4) is 0 Å². The summed E-state index contributed by atoms with van der Waals surface area (Å²) in [5.41, 5.74) is 0.638. The fourth-order valence-corrected chi connectivity index (χ4v) is 3.28. The van der Waals surface area contributed by atoms with Crippen LogP contribution in [0.4, 0.5) is 0 Å². The molecule has 0 heterocycles. The van der Waals surface area contributed by atoms with E-state index < -0.39 is 5.60 Å². The summed E-state index contributed by atoms with van der Waals surface area (Å²) < 4.78 is 0. The van der Waals surface area contributed by atoms with E-state index in [2.05, 4.69) is 31.1 Å². The Kier molecular flexibility index (Phi) is 4.88. The Hall–Kier alpha value is -0.570. The molecule has 0 spiro atoms. The molecule has 1 aliphatic carbocycles. The Balaban J connectivity index is 2.26. The van der Waals surface area contributed by atoms with Gasteiger partial charge >= 0.3 is 0 Å². The number of hydrogen-bond donors (Lipinski definition) is 1. The molecule has 19 heavy (non-hydrogen) atoms. The quantitative estimate of drug-likeness (QED) is 0.910. The van der Waals surface area contributed by atoms with Crippen LogP contribution in [-0.2, 0) is 0 Å². The number of benzene rings is 1. The summed E-state index contributed by atoms with van der Waals surface area (Å²) in [5, 5.41) is 11.8. The van der Waals surface area contributed by atoms with E-state index in [1.807, 2.05) is 12.1 Å². The van der Waals surface area contributed by atoms with Crippen molar-refractivity contribution < 1.29 is 5.11 Å². The normalized spacial score (nSPS) is 20.5. The summed E-state index contributed by atoms with van der Waals surface area (Å²) in [6.45, 7) is 0.873. The second kappa shape index (κ2) is 6.25. The highest BCUT2D eigenvalue weighted by atomic mass is 35.5. The van der Waals surface area contributed by atoms with Gasteiger partial charge in [0, 0.05) is 17.5 Å². The lowest BCUT2D eigenvalue weighted by molar-refractivity contribution is -0.0277. The van der Waals surface area contributed by atoms with E-state index in [0.717, 1.165) is 37.3 Å². The number of halogens is 1. The van der Waals surface area contributed by atoms with E-state index in [1.165, 1.54) is 12.0 Å². The van der Waals surface area contributed by atoms with Crippen molar-refractivity contribution >= 4 is 11.6 Å². The monoisotopic (exact) mass is 281 g/mol. The van der Waals surface area contributed by atoms with Crippen LogP contribution in [0, 0.1) is 0 Å². The van der Waals surface area contributed by atoms with Crippen LogP contribution in [0.1, 0.15) is 43.6 Å². The lowest BCUT2D eigenvalue weighted by Gasteiger charge is -2.40. The van der Waals surface area contributed by atoms with E-state index >= 15 is 0 Å². The topological polar surface area (TPSA) is 23.5 Å². The zero-order valence-electron chi connectivity index (χ0n) is 11.9. The highest BCUT2D eigenvalue weighted by Gasteiger charge is 2.38. The second-order valence-electron chi connectivity index (χ2n) is 6.03. The smallest absolute Gasteiger partial charge is 0.0728 e. The van der Waals surface area contributed by atoms with E-state index in [9.17, 15) is 5.11 Å². The molecule has 3 heteroatoms. The van der Waals surface area contributed by atoms with Gasteiger partial charge in [0.25, 0.3) is 0 Å². The third-order valence-electron chi connectivity index (χ3n) is 4.19. The standard InChI is InChI=1S/C16H24ClNO/c1-18(2)12-15(13-6-8-14(17)9-7-13)16(19)10-4-3-5-11-16/h6-9,15,19H,3-5,10-12H2,1-2H3/t15-/m0/s1. The first-order chi connectivity index (χ1) is 9.01. The maximum absolute atomic E-state index is 11.0. The number of nitrogens with zero attached hydrogens (tertiary/aromatic N) is 1. The molecular formula is C16H24ClNO. The van der Waals surface area contributed by atoms with Crippen LogP contribution in [0.3, 0.4) is 0 Å². The Labute approximate surface area is 121 Å². The van der Waals surface area contributed by atoms with Gasteiger partial charge in [-0.15, -0.1) is 0 Å². The minimum atomic E-state index is -0.559. The van der Waals surface area contributed by atoms with Crippen molar-refractivity contribution in [3.05, 3.63) is 34.9 Å². The summed E-state index contributed by atoms with van der Waals surface area (Å²) in [4.78, 5) is 2.16. The first kappa shape index (κ1) is 14.8. The molecule has 1 saturated carbocycles. The predicted molar refractivity (Wildman–Crippen MR) is 80.8 cm³/mol. The van der Waals surface area contributed by atoms with E-state index in [4.69, 9.17) is 11.6 Å². The minimum absolute atomic E-state index is 0.167. The Morgan fingerprint density at radius 1 is 1.16 bits per heavy atom. The summed E-state index contributed by atoms with van der Waals surface area (Å²) >= 11 is 5.97. The van der Waals surface area contributed by atoms with Crippen LogP contribution in [0.2, 0.25) is 5.02 Å². The molecular weight excluding hydrogens is 258 g/mol. The largest absolute Gasteiger partial charge is 0.389 e. The summed E-state index contributed by atoms with van der Waals surface area (Å²) in [7, 11) is 4.13. The van der Waals surface area contributed by atoms with Gasteiger partial charge in [0.2, 0.25) is 0 Å². The number of aliphatic hydroxyl groups is 1. The lowest BCUT2D eigenvalue weighted by Crippen LogP contribution is -2.42. The molecule has 0 aromatic heterocycles. The van der Waals surface area contributed by atoms with Crippen LogP contribution >= 0.6 is 11.6 Å². The summed E-state index contributed by atoms with van der Waals surface area (Å²) in [6.07, 6.45) is 5.34. The molecule has 2 nitrogen and oxygen atoms in total. The zero-order valence-corrected chi connectivity index (χ0v) is 12.7. The molecule has 2 rings (SSSR count). The highest BCUT2D eigenvalue weighted by molar-refractivity contribution is 6.30. The van der Waals surface area contributed by atoms with E-state index in [0.29, 0.717) is 0 Å². The number of likely N-dealkylation sites (N-methyl/N-ethyl adjacent to an activating group) is 1. The molecule has 1 aliphatic rings. The van der Waals surface area contributed by atoms with Gasteiger partial charge in [-0.25, -0.2) is 0 Å². The summed E-state index contributed by atoms with van der Waals surface area (Å²) in [5.74, 6) is 0.167. The van der Waals surface area contributed by atoms with Gasteiger partial charge < -0.3 is 10.0 Å². The molecule has 0 unspecified atom stereocenters. The lowest BCUT2D eigenvalue weighted by atomic mass is 9.72. The SMILES string of the molecule is CN(C)C[C@@H](c1ccc(Cl)cc1)C1(O)CCCCC1. The first-order valence-electron chi connectivity index (χ1n) is 7.14. The highest BCUT2D eigenvalue weighted by Crippen LogP contribution is 2.40. The molecule has 1 aromatic rings. The van der Waals surface area contributed by atoms with Gasteiger partial charge in [-0.2, -0.15) is 0 Å². The van der Waals surface area contributed by atoms with Crippen molar-refractivity contribution in [1.29, 1.82) is 0 Å². The average molecular weight is 282 g/mol. The minimum Gasteiger partial charge on any atom is -0.389 e. The predicted octanol–water partition coefficient (Wildman–Crippen LogP) is 3.68. The fourth-order valence-electron chi connectivity index (χ4n) is 3.16. The van der Waals surface area contributed by atoms with Gasteiger partial charge in [-0.1, -0.05) is 43.0 Å². The molecule has 0 saturated heterocycles. The zero-order chi connectivity index (χ0) is 13.9. The Morgan fingerprint density at radius 3 is 2.26 bits per heavy atom. The maximum atomic E-state index is 11.0. The van der Waals surface area contributed by atoms with Crippen molar-refractivity contribution in [3.63, 3.8) is 0 Å². The van der Waals surface area contributed by atoms with Crippen LogP contribution < -0.4 is 0 Å². The molecule has 0 radical (unpaired) electrons. The molecule has 106 valence electrons. The van der Waals surface area contributed by atoms with Crippen molar-refractivity contribution in [1.82, 2.24) is 4.90 Å². The Morgan fingerprint density at radius 2 is 1.74 bits per heavy atom. The van der Waals surface area contributed by atoms with Gasteiger partial charge in [0.05, 0.1) is 5.60 Å². The number of hydrogen-bond acceptors (Lipinski definition) is 2. The Bertz CT molecular complexity index is 396. The van der Waals surface area contributed by atoms with Gasteiger partial charge in [0.1, 0.15) is 0 Å². The third kappa shape index (κ3) is 3.71. The number of rotatable bonds is 4. The van der Waals surface area contributed by atoms with Gasteiger partial charge in [-0.3, -0.25) is 0 Å². The van der Waals surface area contributed by atoms with E-state index in [-0.39, 0.29) is 5.92 Å². The van der Waals surface area contributed by atoms with Gasteiger partial charge in [0.15, 0.2) is 0 Å². The maximum Gasteiger partial charge on any atom is 0.0728 e. The molecule has 0 bridgehead atoms. The van der Waals surface area contributed by atoms with Crippen molar-refractivity contribution in [2.24, 2.45) is 0 Å². The molecule has 1 N–H and O–H groups in total. The molecule has 0 aliphatic heterocycles. The molecule has 1 atom stereocenters. The first-order valence-corrected chi connectivity index (χ1v) is 7.52. The molecule has 1 fully saturated rings. The van der Waals surface area contributed by atoms with Gasteiger partial charge in [-0.05, 0) is 44.6 Å². The van der Waals surface area contributed by atoms with E-state index in [1.54, 1.807) is 0 Å². The fraction of sp³-hybridized carbons (Fsp3) is 0.625. The molecule has 0 amide bonds. The van der Waals surface area contributed by atoms with Crippen LogP contribution in [0.15, 0.2) is 24.3 Å². The van der Waals surface area contributed by atoms with Crippen molar-refractivity contribution in [2.75, 3.05) is 20.6 Å². The second-order valence-corrected chi connectivity index (χ2v) is 6.47. The summed E-state index contributed by atoms with van der Waals surface area (Å²) in [6, 6.07) is 7.96. The van der Waals surface area contributed by atoms with Crippen LogP contribution in [0.5, 0.6) is 0 Å². The molecule has 1 aromatic carbocycles. The van der Waals surface area contributed by atoms with Crippen molar-refractivity contribution in [2.45, 2.75) is 43.6 Å². The third-order valence-corrected chi connectivity index (χ3v) is 4.44.